The van der Waals surface area contributed by atoms with E-state index in [1.807, 2.05) is 0 Å². The number of halogens is 7. The molecule has 3 heterocycles. The number of nitrogens with one attached hydrogen (secondary N) is 2. The number of alkyl halides is 7. The quantitative estimate of drug-likeness (QED) is 0.473. The third kappa shape index (κ3) is 4.94. The number of carbonyl (C=O) groups is 1. The second-order valence-electron chi connectivity index (χ2n) is 7.92. The Bertz CT molecular complexity index is 1160. The molecule has 2 N–H and O–H groups in total. The summed E-state index contributed by atoms with van der Waals surface area (Å²) in [7, 11) is 0. The van der Waals surface area contributed by atoms with E-state index < -0.39 is 42.0 Å². The molecule has 1 aliphatic rings. The molecular weight excluding hydrogens is 473 g/mol. The number of nitrogens with zero attached hydrogens (tertiary/aromatic N) is 4. The predicted molar refractivity (Wildman–Crippen MR) is 106 cm³/mol. The first-order chi connectivity index (χ1) is 16.0. The summed E-state index contributed by atoms with van der Waals surface area (Å²) < 4.78 is 92.0. The molecule has 1 aliphatic carbocycles. The molecule has 0 radical (unpaired) electrons. The lowest BCUT2D eigenvalue weighted by atomic mass is 9.91. The van der Waals surface area contributed by atoms with Gasteiger partial charge in [0.25, 0.3) is 12.3 Å². The van der Waals surface area contributed by atoms with Crippen LogP contribution in [0.5, 0.6) is 0 Å². The van der Waals surface area contributed by atoms with E-state index >= 15 is 0 Å². The molecule has 0 aromatic carbocycles. The van der Waals surface area contributed by atoms with Crippen LogP contribution >= 0.6 is 0 Å². The van der Waals surface area contributed by atoms with Crippen molar-refractivity contribution in [3.63, 3.8) is 0 Å². The normalized spacial score (nSPS) is 19.2. The number of carbonyl (C=O) groups excluding carboxylic acids is 1. The van der Waals surface area contributed by atoms with Gasteiger partial charge < -0.3 is 10.6 Å². The van der Waals surface area contributed by atoms with Crippen LogP contribution in [0.2, 0.25) is 0 Å². The molecule has 3 aromatic heterocycles. The van der Waals surface area contributed by atoms with Crippen molar-refractivity contribution >= 4 is 17.4 Å². The minimum absolute atomic E-state index is 0.0120. The maximum Gasteiger partial charge on any atom is 0.434 e. The highest BCUT2D eigenvalue weighted by atomic mass is 19.4. The Hall–Kier alpha value is -3.32. The van der Waals surface area contributed by atoms with Crippen LogP contribution in [0.15, 0.2) is 30.6 Å². The monoisotopic (exact) mass is 492 g/mol. The number of rotatable bonds is 6. The number of imidazole rings is 1. The summed E-state index contributed by atoms with van der Waals surface area (Å²) in [4.78, 5) is 16.0. The summed E-state index contributed by atoms with van der Waals surface area (Å²) in [5.41, 5.74) is -2.49. The molecule has 0 unspecified atom stereocenters. The minimum Gasteiger partial charge on any atom is -0.368 e. The van der Waals surface area contributed by atoms with Gasteiger partial charge in [0.1, 0.15) is 17.2 Å². The van der Waals surface area contributed by atoms with Crippen LogP contribution in [-0.4, -0.2) is 37.2 Å². The first-order valence-corrected chi connectivity index (χ1v) is 10.3. The van der Waals surface area contributed by atoms with Crippen molar-refractivity contribution in [1.29, 1.82) is 0 Å². The van der Waals surface area contributed by atoms with Crippen molar-refractivity contribution in [2.45, 2.75) is 56.9 Å². The summed E-state index contributed by atoms with van der Waals surface area (Å²) in [5, 5.41) is 8.85. The zero-order chi connectivity index (χ0) is 24.6. The molecule has 4 rings (SSSR count). The Morgan fingerprint density at radius 1 is 1.03 bits per heavy atom. The molecule has 0 spiro atoms. The number of anilines is 1. The zero-order valence-electron chi connectivity index (χ0n) is 17.4. The van der Waals surface area contributed by atoms with Gasteiger partial charge in [0.15, 0.2) is 5.69 Å². The van der Waals surface area contributed by atoms with Gasteiger partial charge in [-0.25, -0.2) is 18.4 Å². The van der Waals surface area contributed by atoms with Crippen LogP contribution in [0.1, 0.15) is 60.4 Å². The molecule has 0 bridgehead atoms. The lowest BCUT2D eigenvalue weighted by molar-refractivity contribution is -0.140. The van der Waals surface area contributed by atoms with Gasteiger partial charge in [-0.3, -0.25) is 9.20 Å². The van der Waals surface area contributed by atoms with E-state index in [1.165, 1.54) is 10.5 Å². The average molecular weight is 492 g/mol. The molecule has 1 fully saturated rings. The second kappa shape index (κ2) is 9.14. The van der Waals surface area contributed by atoms with Crippen LogP contribution in [0.3, 0.4) is 0 Å². The molecule has 34 heavy (non-hydrogen) atoms. The molecule has 1 amide bonds. The zero-order valence-corrected chi connectivity index (χ0v) is 17.4. The SMILES string of the molecule is O=C(N[C@H]1CC[C@@H](Nc2cccc3nc(C(F)(F)F)cn23)CC1)c1cn(C(F)F)nc1C(F)F. The Morgan fingerprint density at radius 2 is 1.71 bits per heavy atom. The molecular formula is C20H19F7N6O. The number of hydrogen-bond acceptors (Lipinski definition) is 4. The Kier molecular flexibility index (Phi) is 6.41. The van der Waals surface area contributed by atoms with Gasteiger partial charge in [0, 0.05) is 24.5 Å². The van der Waals surface area contributed by atoms with Crippen molar-refractivity contribution in [3.8, 4) is 0 Å². The Labute approximate surface area is 187 Å². The predicted octanol–water partition coefficient (Wildman–Crippen LogP) is 5.04. The lowest BCUT2D eigenvalue weighted by Gasteiger charge is -2.30. The summed E-state index contributed by atoms with van der Waals surface area (Å²) >= 11 is 0. The van der Waals surface area contributed by atoms with Crippen molar-refractivity contribution in [3.05, 3.63) is 47.5 Å². The summed E-state index contributed by atoms with van der Waals surface area (Å²) in [5.74, 6) is -0.490. The van der Waals surface area contributed by atoms with Gasteiger partial charge in [-0.2, -0.15) is 27.1 Å². The summed E-state index contributed by atoms with van der Waals surface area (Å²) in [6, 6.07) is 4.16. The highest BCUT2D eigenvalue weighted by molar-refractivity contribution is 5.95. The fourth-order valence-corrected chi connectivity index (χ4v) is 3.96. The Morgan fingerprint density at radius 3 is 2.32 bits per heavy atom. The molecule has 184 valence electrons. The number of hydrogen-bond donors (Lipinski definition) is 2. The fourth-order valence-electron chi connectivity index (χ4n) is 3.96. The second-order valence-corrected chi connectivity index (χ2v) is 7.92. The van der Waals surface area contributed by atoms with Crippen LogP contribution in [0, 0.1) is 0 Å². The van der Waals surface area contributed by atoms with E-state index in [-0.39, 0.29) is 22.4 Å². The van der Waals surface area contributed by atoms with Crippen LogP contribution in [0.25, 0.3) is 5.65 Å². The standard InChI is InChI=1S/C20H19F7N6O/c21-17(22)16-12(8-33(31-16)19(23)24)18(34)29-11-6-4-10(5-7-11)28-14-2-1-3-15-30-13(9-32(14)15)20(25,26)27/h1-3,8-11,17,19,28H,4-7H2,(H,29,34)/t10-,11+. The van der Waals surface area contributed by atoms with Crippen molar-refractivity contribution in [2.24, 2.45) is 0 Å². The van der Waals surface area contributed by atoms with Crippen molar-refractivity contribution in [1.82, 2.24) is 24.5 Å². The van der Waals surface area contributed by atoms with Gasteiger partial charge in [0.2, 0.25) is 0 Å². The van der Waals surface area contributed by atoms with Crippen LogP contribution in [0.4, 0.5) is 36.6 Å². The minimum atomic E-state index is -4.57. The number of fused-ring (bicyclic) bond motifs is 1. The molecule has 0 atom stereocenters. The van der Waals surface area contributed by atoms with E-state index in [4.69, 9.17) is 0 Å². The van der Waals surface area contributed by atoms with E-state index in [9.17, 15) is 35.5 Å². The van der Waals surface area contributed by atoms with Gasteiger partial charge >= 0.3 is 12.7 Å². The molecule has 1 saturated carbocycles. The third-order valence-corrected chi connectivity index (χ3v) is 5.61. The highest BCUT2D eigenvalue weighted by Gasteiger charge is 2.34. The maximum atomic E-state index is 13.1. The van der Waals surface area contributed by atoms with Crippen LogP contribution in [-0.2, 0) is 6.18 Å². The first kappa shape index (κ1) is 23.8. The number of aromatic nitrogens is 4. The van der Waals surface area contributed by atoms with Gasteiger partial charge in [-0.05, 0) is 37.8 Å². The molecule has 14 heteroatoms. The fraction of sp³-hybridized carbons (Fsp3) is 0.450. The summed E-state index contributed by atoms with van der Waals surface area (Å²) in [6.45, 7) is -3.16. The van der Waals surface area contributed by atoms with Crippen molar-refractivity contribution < 1.29 is 35.5 Å². The van der Waals surface area contributed by atoms with E-state index in [0.717, 1.165) is 6.20 Å². The van der Waals surface area contributed by atoms with Gasteiger partial charge in [-0.1, -0.05) is 6.07 Å². The number of pyridine rings is 1. The van der Waals surface area contributed by atoms with Crippen LogP contribution < -0.4 is 10.6 Å². The average Bonchev–Trinajstić information content (AvgIpc) is 3.41. The van der Waals surface area contributed by atoms with Crippen molar-refractivity contribution in [2.75, 3.05) is 5.32 Å². The topological polar surface area (TPSA) is 76.2 Å². The molecule has 3 aromatic rings. The van der Waals surface area contributed by atoms with E-state index in [2.05, 4.69) is 20.7 Å². The third-order valence-electron chi connectivity index (χ3n) is 5.61. The first-order valence-electron chi connectivity index (χ1n) is 10.3. The number of amides is 1. The van der Waals surface area contributed by atoms with E-state index in [1.54, 1.807) is 12.1 Å². The highest BCUT2D eigenvalue weighted by Crippen LogP contribution is 2.30. The smallest absolute Gasteiger partial charge is 0.368 e. The lowest BCUT2D eigenvalue weighted by Crippen LogP contribution is -2.40. The maximum absolute atomic E-state index is 13.1. The van der Waals surface area contributed by atoms with Gasteiger partial charge in [0.05, 0.1) is 5.56 Å². The molecule has 7 nitrogen and oxygen atoms in total. The largest absolute Gasteiger partial charge is 0.434 e. The molecule has 0 saturated heterocycles. The Balaban J connectivity index is 1.38. The summed E-state index contributed by atoms with van der Waals surface area (Å²) in [6.07, 6.45) is -4.31. The van der Waals surface area contributed by atoms with Gasteiger partial charge in [-0.15, -0.1) is 0 Å². The van der Waals surface area contributed by atoms with E-state index in [0.29, 0.717) is 37.7 Å². The molecule has 0 aliphatic heterocycles.